The van der Waals surface area contributed by atoms with Crippen molar-refractivity contribution in [3.63, 3.8) is 0 Å². The van der Waals surface area contributed by atoms with Gasteiger partial charge in [-0.05, 0) is 17.0 Å². The molecule has 1 aromatic rings. The summed E-state index contributed by atoms with van der Waals surface area (Å²) in [7, 11) is 0. The first kappa shape index (κ1) is 17.0. The molecule has 0 heterocycles. The second-order valence-electron chi connectivity index (χ2n) is 5.19. The summed E-state index contributed by atoms with van der Waals surface area (Å²) in [5.74, 6) is -0.950. The van der Waals surface area contributed by atoms with E-state index in [0.29, 0.717) is 0 Å². The van der Waals surface area contributed by atoms with E-state index >= 15 is 0 Å². The molecule has 1 amide bonds. The topological polar surface area (TPSA) is 72.2 Å². The minimum atomic E-state index is -2.18. The van der Waals surface area contributed by atoms with Crippen molar-refractivity contribution < 1.29 is 9.72 Å². The molecule has 0 fully saturated rings. The van der Waals surface area contributed by atoms with E-state index in [0.717, 1.165) is 5.56 Å². The number of alkyl halides is 3. The Balaban J connectivity index is 3.22. The molecule has 5 nitrogen and oxygen atoms in total. The molecule has 0 unspecified atom stereocenters. The van der Waals surface area contributed by atoms with Gasteiger partial charge in [0.2, 0.25) is 0 Å². The zero-order valence-electron chi connectivity index (χ0n) is 11.0. The van der Waals surface area contributed by atoms with Crippen LogP contribution in [0.4, 0.5) is 11.4 Å². The third-order valence-corrected chi connectivity index (χ3v) is 3.08. The molecule has 8 heteroatoms. The number of hydrogen-bond donors (Lipinski definition) is 1. The van der Waals surface area contributed by atoms with Crippen LogP contribution in [0.2, 0.25) is 0 Å². The average Bonchev–Trinajstić information content (AvgIpc) is 2.26. The lowest BCUT2D eigenvalue weighted by Gasteiger charge is -2.19. The van der Waals surface area contributed by atoms with Gasteiger partial charge >= 0.3 is 0 Å². The second-order valence-corrected chi connectivity index (χ2v) is 7.47. The summed E-state index contributed by atoms with van der Waals surface area (Å²) < 4.78 is -2.18. The lowest BCUT2D eigenvalue weighted by atomic mass is 9.86. The number of amides is 1. The van der Waals surface area contributed by atoms with Gasteiger partial charge in [-0.3, -0.25) is 14.9 Å². The van der Waals surface area contributed by atoms with Crippen LogP contribution in [0.15, 0.2) is 18.2 Å². The fourth-order valence-electron chi connectivity index (χ4n) is 1.45. The number of nitro groups is 1. The molecular weight excluding hydrogens is 327 g/mol. The molecule has 20 heavy (non-hydrogen) atoms. The molecule has 0 aliphatic rings. The Morgan fingerprint density at radius 3 is 2.20 bits per heavy atom. The number of benzene rings is 1. The highest BCUT2D eigenvalue weighted by atomic mass is 35.6. The number of carbonyl (C=O) groups is 1. The predicted molar refractivity (Wildman–Crippen MR) is 80.7 cm³/mol. The average molecular weight is 340 g/mol. The first-order valence-corrected chi connectivity index (χ1v) is 6.73. The van der Waals surface area contributed by atoms with Crippen LogP contribution in [0, 0.1) is 10.1 Å². The summed E-state index contributed by atoms with van der Waals surface area (Å²) in [5, 5.41) is 13.3. The van der Waals surface area contributed by atoms with Crippen LogP contribution < -0.4 is 5.32 Å². The molecule has 0 aliphatic carbocycles. The van der Waals surface area contributed by atoms with E-state index in [4.69, 9.17) is 34.8 Å². The fraction of sp³-hybridized carbons (Fsp3) is 0.417. The van der Waals surface area contributed by atoms with Crippen LogP contribution in [0.5, 0.6) is 0 Å². The minimum Gasteiger partial charge on any atom is -0.317 e. The molecule has 0 saturated carbocycles. The van der Waals surface area contributed by atoms with Gasteiger partial charge < -0.3 is 5.32 Å². The van der Waals surface area contributed by atoms with E-state index in [9.17, 15) is 14.9 Å². The first-order chi connectivity index (χ1) is 8.93. The Kier molecular flexibility index (Phi) is 4.90. The smallest absolute Gasteiger partial charge is 0.293 e. The molecule has 0 radical (unpaired) electrons. The Labute approximate surface area is 131 Å². The normalized spacial score (nSPS) is 12.1. The third-order valence-electron chi connectivity index (χ3n) is 2.57. The quantitative estimate of drug-likeness (QED) is 0.498. The SMILES string of the molecule is CC(C)(C)c1ccc(NC(=O)C(Cl)(Cl)Cl)c([N+](=O)[O-])c1. The number of halogens is 3. The Hall–Kier alpha value is -1.04. The molecule has 0 atom stereocenters. The Morgan fingerprint density at radius 2 is 1.80 bits per heavy atom. The molecule has 0 aromatic heterocycles. The van der Waals surface area contributed by atoms with Gasteiger partial charge in [-0.15, -0.1) is 0 Å². The molecule has 110 valence electrons. The molecule has 0 saturated heterocycles. The van der Waals surface area contributed by atoms with Crippen LogP contribution >= 0.6 is 34.8 Å². The summed E-state index contributed by atoms with van der Waals surface area (Å²) in [5.41, 5.74) is 0.234. The van der Waals surface area contributed by atoms with Gasteiger partial charge in [-0.2, -0.15) is 0 Å². The van der Waals surface area contributed by atoms with Crippen molar-refractivity contribution in [2.24, 2.45) is 0 Å². The largest absolute Gasteiger partial charge is 0.317 e. The number of rotatable bonds is 2. The minimum absolute atomic E-state index is 0.0145. The second kappa shape index (κ2) is 5.76. The van der Waals surface area contributed by atoms with Crippen LogP contribution in [0.3, 0.4) is 0 Å². The first-order valence-electron chi connectivity index (χ1n) is 5.60. The van der Waals surface area contributed by atoms with Gasteiger partial charge in [-0.25, -0.2) is 0 Å². The summed E-state index contributed by atoms with van der Waals surface area (Å²) in [6, 6.07) is 4.50. The van der Waals surface area contributed by atoms with Gasteiger partial charge in [0.05, 0.1) is 4.92 Å². The zero-order chi connectivity index (χ0) is 15.7. The summed E-state index contributed by atoms with van der Waals surface area (Å²) >= 11 is 16.3. The maximum Gasteiger partial charge on any atom is 0.293 e. The zero-order valence-corrected chi connectivity index (χ0v) is 13.3. The summed E-state index contributed by atoms with van der Waals surface area (Å²) in [6.07, 6.45) is 0. The van der Waals surface area contributed by atoms with E-state index in [1.807, 2.05) is 20.8 Å². The Morgan fingerprint density at radius 1 is 1.25 bits per heavy atom. The van der Waals surface area contributed by atoms with E-state index in [1.54, 1.807) is 6.07 Å². The number of hydrogen-bond acceptors (Lipinski definition) is 3. The molecule has 1 aromatic carbocycles. The monoisotopic (exact) mass is 338 g/mol. The van der Waals surface area contributed by atoms with E-state index in [2.05, 4.69) is 5.32 Å². The van der Waals surface area contributed by atoms with Crippen molar-refractivity contribution in [3.8, 4) is 0 Å². The summed E-state index contributed by atoms with van der Waals surface area (Å²) in [6.45, 7) is 5.77. The van der Waals surface area contributed by atoms with Crippen LogP contribution in [0.1, 0.15) is 26.3 Å². The van der Waals surface area contributed by atoms with Crippen LogP contribution in [-0.4, -0.2) is 14.6 Å². The maximum absolute atomic E-state index is 11.6. The van der Waals surface area contributed by atoms with Gasteiger partial charge in [0.1, 0.15) is 5.69 Å². The highest BCUT2D eigenvalue weighted by molar-refractivity contribution is 6.76. The van der Waals surface area contributed by atoms with E-state index < -0.39 is 14.6 Å². The van der Waals surface area contributed by atoms with Crippen molar-refractivity contribution >= 4 is 52.1 Å². The Bertz CT molecular complexity index is 548. The van der Waals surface area contributed by atoms with Crippen molar-refractivity contribution in [1.29, 1.82) is 0 Å². The fourth-order valence-corrected chi connectivity index (χ4v) is 1.59. The molecule has 0 bridgehead atoms. The van der Waals surface area contributed by atoms with Gasteiger partial charge in [0.15, 0.2) is 0 Å². The molecular formula is C12H13Cl3N2O3. The van der Waals surface area contributed by atoms with E-state index in [1.165, 1.54) is 12.1 Å². The highest BCUT2D eigenvalue weighted by Crippen LogP contribution is 2.33. The number of nitro benzene ring substituents is 1. The highest BCUT2D eigenvalue weighted by Gasteiger charge is 2.32. The number of carbonyl (C=O) groups excluding carboxylic acids is 1. The van der Waals surface area contributed by atoms with Crippen LogP contribution in [-0.2, 0) is 10.2 Å². The third kappa shape index (κ3) is 4.23. The lowest BCUT2D eigenvalue weighted by Crippen LogP contribution is -2.27. The van der Waals surface area contributed by atoms with Crippen molar-refractivity contribution in [3.05, 3.63) is 33.9 Å². The molecule has 0 spiro atoms. The van der Waals surface area contributed by atoms with Gasteiger partial charge in [-0.1, -0.05) is 61.6 Å². The number of nitrogens with one attached hydrogen (secondary N) is 1. The molecule has 0 aliphatic heterocycles. The van der Waals surface area contributed by atoms with Gasteiger partial charge in [0.25, 0.3) is 15.4 Å². The van der Waals surface area contributed by atoms with Gasteiger partial charge in [0, 0.05) is 6.07 Å². The predicted octanol–water partition coefficient (Wildman–Crippen LogP) is 4.20. The van der Waals surface area contributed by atoms with Crippen LogP contribution in [0.25, 0.3) is 0 Å². The summed E-state index contributed by atoms with van der Waals surface area (Å²) in [4.78, 5) is 22.1. The molecule has 1 rings (SSSR count). The lowest BCUT2D eigenvalue weighted by molar-refractivity contribution is -0.384. The van der Waals surface area contributed by atoms with Crippen molar-refractivity contribution in [1.82, 2.24) is 0 Å². The van der Waals surface area contributed by atoms with Crippen molar-refractivity contribution in [2.45, 2.75) is 30.0 Å². The standard InChI is InChI=1S/C12H13Cl3N2O3/c1-11(2,3)7-4-5-8(9(6-7)17(19)20)16-10(18)12(13,14)15/h4-6H,1-3H3,(H,16,18). The number of anilines is 1. The molecule has 1 N–H and O–H groups in total. The number of nitrogens with zero attached hydrogens (tertiary/aromatic N) is 1. The van der Waals surface area contributed by atoms with Crippen molar-refractivity contribution in [2.75, 3.05) is 5.32 Å². The maximum atomic E-state index is 11.6. The van der Waals surface area contributed by atoms with E-state index in [-0.39, 0.29) is 16.8 Å².